The Morgan fingerprint density at radius 1 is 1.19 bits per heavy atom. The fourth-order valence-corrected chi connectivity index (χ4v) is 3.80. The van der Waals surface area contributed by atoms with Crippen molar-refractivity contribution in [2.24, 2.45) is 11.8 Å². The molecule has 0 N–H and O–H groups in total. The summed E-state index contributed by atoms with van der Waals surface area (Å²) in [6.45, 7) is 5.29. The molecule has 1 fully saturated rings. The lowest BCUT2D eigenvalue weighted by atomic mass is 9.95. The fourth-order valence-electron chi connectivity index (χ4n) is 3.80. The summed E-state index contributed by atoms with van der Waals surface area (Å²) in [5.41, 5.74) is 0.465. The molecule has 0 spiro atoms. The topological polar surface area (TPSA) is 72.9 Å². The number of amides is 1. The summed E-state index contributed by atoms with van der Waals surface area (Å²) in [5, 5.41) is 0. The molecule has 1 aliphatic heterocycles. The Bertz CT molecular complexity index is 778. The standard InChI is InChI=1S/C21H25NO5/c1-21(2,3)27-20(25)22-16-11-14(10-13-8-6-5-7-9-13)18(23)15(16)12-17(22)19(24)26-4/h5-9,12,14-16H,10-11H2,1-4H3. The summed E-state index contributed by atoms with van der Waals surface area (Å²) in [6, 6.07) is 9.39. The second kappa shape index (κ2) is 7.18. The molecule has 0 bridgehead atoms. The first kappa shape index (κ1) is 19.1. The number of hydrogen-bond acceptors (Lipinski definition) is 5. The van der Waals surface area contributed by atoms with Crippen molar-refractivity contribution in [3.05, 3.63) is 47.7 Å². The van der Waals surface area contributed by atoms with Crippen LogP contribution in [0.25, 0.3) is 0 Å². The Morgan fingerprint density at radius 2 is 1.85 bits per heavy atom. The molecular formula is C21H25NO5. The number of rotatable bonds is 3. The lowest BCUT2D eigenvalue weighted by Gasteiger charge is -2.29. The number of carbonyl (C=O) groups is 3. The summed E-state index contributed by atoms with van der Waals surface area (Å²) in [4.78, 5) is 39.1. The summed E-state index contributed by atoms with van der Waals surface area (Å²) in [5.74, 6) is -1.28. The third-order valence-corrected chi connectivity index (χ3v) is 4.91. The van der Waals surface area contributed by atoms with Gasteiger partial charge in [0.2, 0.25) is 0 Å². The van der Waals surface area contributed by atoms with E-state index in [2.05, 4.69) is 0 Å². The lowest BCUT2D eigenvalue weighted by molar-refractivity contribution is -0.138. The predicted octanol–water partition coefficient (Wildman–Crippen LogP) is 3.11. The third kappa shape index (κ3) is 3.89. The average Bonchev–Trinajstić information content (AvgIpc) is 3.11. The van der Waals surface area contributed by atoms with Gasteiger partial charge in [-0.15, -0.1) is 0 Å². The monoisotopic (exact) mass is 371 g/mol. The molecule has 3 rings (SSSR count). The van der Waals surface area contributed by atoms with Crippen molar-refractivity contribution in [1.82, 2.24) is 4.90 Å². The Hall–Kier alpha value is -2.63. The van der Waals surface area contributed by atoms with Crippen molar-refractivity contribution in [2.75, 3.05) is 7.11 Å². The maximum Gasteiger partial charge on any atom is 0.415 e. The molecule has 6 heteroatoms. The third-order valence-electron chi connectivity index (χ3n) is 4.91. The normalized spacial score (nSPS) is 24.4. The number of benzene rings is 1. The van der Waals surface area contributed by atoms with E-state index >= 15 is 0 Å². The van der Waals surface area contributed by atoms with Gasteiger partial charge in [0.05, 0.1) is 19.1 Å². The Labute approximate surface area is 159 Å². The van der Waals surface area contributed by atoms with Crippen LogP contribution in [0.3, 0.4) is 0 Å². The van der Waals surface area contributed by atoms with Gasteiger partial charge >= 0.3 is 12.1 Å². The SMILES string of the molecule is COC(=O)C1=CC2C(=O)C(Cc3ccccc3)CC2N1C(=O)OC(C)(C)C. The molecule has 1 heterocycles. The predicted molar refractivity (Wildman–Crippen MR) is 98.7 cm³/mol. The highest BCUT2D eigenvalue weighted by Gasteiger charge is 2.52. The maximum atomic E-state index is 12.9. The molecule has 3 unspecified atom stereocenters. The van der Waals surface area contributed by atoms with E-state index in [9.17, 15) is 14.4 Å². The van der Waals surface area contributed by atoms with Crippen molar-refractivity contribution in [1.29, 1.82) is 0 Å². The molecule has 1 aliphatic carbocycles. The first-order valence-electron chi connectivity index (χ1n) is 9.11. The number of ether oxygens (including phenoxy) is 2. The van der Waals surface area contributed by atoms with Crippen LogP contribution in [-0.4, -0.2) is 41.5 Å². The minimum Gasteiger partial charge on any atom is -0.464 e. The summed E-state index contributed by atoms with van der Waals surface area (Å²) < 4.78 is 10.3. The zero-order valence-corrected chi connectivity index (χ0v) is 16.1. The van der Waals surface area contributed by atoms with Gasteiger partial charge in [0.15, 0.2) is 0 Å². The minimum atomic E-state index is -0.706. The number of ketones is 1. The molecule has 27 heavy (non-hydrogen) atoms. The first-order chi connectivity index (χ1) is 12.7. The minimum absolute atomic E-state index is 0.0521. The van der Waals surface area contributed by atoms with Crippen LogP contribution in [-0.2, 0) is 25.5 Å². The average molecular weight is 371 g/mol. The van der Waals surface area contributed by atoms with Gasteiger partial charge in [0, 0.05) is 5.92 Å². The van der Waals surface area contributed by atoms with Crippen LogP contribution in [0.5, 0.6) is 0 Å². The number of hydrogen-bond donors (Lipinski definition) is 0. The van der Waals surface area contributed by atoms with Crippen LogP contribution < -0.4 is 0 Å². The van der Waals surface area contributed by atoms with Gasteiger partial charge in [0.1, 0.15) is 17.1 Å². The highest BCUT2D eigenvalue weighted by atomic mass is 16.6. The van der Waals surface area contributed by atoms with Gasteiger partial charge < -0.3 is 9.47 Å². The molecule has 6 nitrogen and oxygen atoms in total. The molecule has 1 aromatic rings. The molecule has 0 radical (unpaired) electrons. The van der Waals surface area contributed by atoms with Crippen molar-refractivity contribution >= 4 is 17.8 Å². The molecule has 1 aromatic carbocycles. The van der Waals surface area contributed by atoms with Crippen molar-refractivity contribution in [3.63, 3.8) is 0 Å². The lowest BCUT2D eigenvalue weighted by Crippen LogP contribution is -2.42. The Balaban J connectivity index is 1.85. The molecule has 1 saturated carbocycles. The highest BCUT2D eigenvalue weighted by Crippen LogP contribution is 2.42. The van der Waals surface area contributed by atoms with E-state index in [0.29, 0.717) is 12.8 Å². The van der Waals surface area contributed by atoms with Gasteiger partial charge in [-0.05, 0) is 45.3 Å². The van der Waals surface area contributed by atoms with E-state index in [1.54, 1.807) is 26.8 Å². The molecular weight excluding hydrogens is 346 g/mol. The largest absolute Gasteiger partial charge is 0.464 e. The van der Waals surface area contributed by atoms with Crippen molar-refractivity contribution < 1.29 is 23.9 Å². The first-order valence-corrected chi connectivity index (χ1v) is 9.11. The van der Waals surface area contributed by atoms with E-state index in [0.717, 1.165) is 5.56 Å². The van der Waals surface area contributed by atoms with E-state index in [1.807, 2.05) is 30.3 Å². The molecule has 3 atom stereocenters. The maximum absolute atomic E-state index is 12.9. The number of nitrogens with zero attached hydrogens (tertiary/aromatic N) is 1. The van der Waals surface area contributed by atoms with Crippen molar-refractivity contribution in [3.8, 4) is 0 Å². The number of esters is 1. The van der Waals surface area contributed by atoms with Crippen LogP contribution in [0.15, 0.2) is 42.1 Å². The number of carbonyl (C=O) groups excluding carboxylic acids is 3. The van der Waals surface area contributed by atoms with E-state index in [1.165, 1.54) is 12.0 Å². The summed E-state index contributed by atoms with van der Waals surface area (Å²) >= 11 is 0. The molecule has 144 valence electrons. The molecule has 1 amide bonds. The van der Waals surface area contributed by atoms with Crippen LogP contribution in [0, 0.1) is 11.8 Å². The Morgan fingerprint density at radius 3 is 2.44 bits per heavy atom. The zero-order valence-electron chi connectivity index (χ0n) is 16.1. The smallest absolute Gasteiger partial charge is 0.415 e. The number of Topliss-reactive ketones (excluding diaryl/α,β-unsaturated/α-hetero) is 1. The molecule has 2 aliphatic rings. The molecule has 0 aromatic heterocycles. The second-order valence-corrected chi connectivity index (χ2v) is 8.01. The highest BCUT2D eigenvalue weighted by molar-refractivity contribution is 5.98. The summed E-state index contributed by atoms with van der Waals surface area (Å²) in [6.07, 6.45) is 2.05. The van der Waals surface area contributed by atoms with Gasteiger partial charge in [-0.1, -0.05) is 30.3 Å². The fraction of sp³-hybridized carbons (Fsp3) is 0.476. The van der Waals surface area contributed by atoms with Gasteiger partial charge in [-0.2, -0.15) is 0 Å². The van der Waals surface area contributed by atoms with Crippen LogP contribution >= 0.6 is 0 Å². The second-order valence-electron chi connectivity index (χ2n) is 8.01. The van der Waals surface area contributed by atoms with Crippen LogP contribution in [0.1, 0.15) is 32.8 Å². The zero-order chi connectivity index (χ0) is 19.8. The summed E-state index contributed by atoms with van der Waals surface area (Å²) in [7, 11) is 1.25. The quantitative estimate of drug-likeness (QED) is 0.764. The van der Waals surface area contributed by atoms with E-state index in [-0.39, 0.29) is 17.4 Å². The van der Waals surface area contributed by atoms with Gasteiger partial charge in [-0.25, -0.2) is 9.59 Å². The van der Waals surface area contributed by atoms with Gasteiger partial charge in [0.25, 0.3) is 0 Å². The van der Waals surface area contributed by atoms with Crippen LogP contribution in [0.2, 0.25) is 0 Å². The van der Waals surface area contributed by atoms with E-state index < -0.39 is 29.6 Å². The number of fused-ring (bicyclic) bond motifs is 1. The Kier molecular flexibility index (Phi) is 5.09. The van der Waals surface area contributed by atoms with Gasteiger partial charge in [-0.3, -0.25) is 9.69 Å². The molecule has 0 saturated heterocycles. The number of methoxy groups -OCH3 is 1. The van der Waals surface area contributed by atoms with E-state index in [4.69, 9.17) is 9.47 Å². The van der Waals surface area contributed by atoms with Crippen molar-refractivity contribution in [2.45, 2.75) is 45.3 Å². The van der Waals surface area contributed by atoms with Crippen LogP contribution in [0.4, 0.5) is 4.79 Å².